The van der Waals surface area contributed by atoms with Crippen LogP contribution < -0.4 is 10.1 Å². The molecule has 0 saturated carbocycles. The zero-order valence-electron chi connectivity index (χ0n) is 13.0. The van der Waals surface area contributed by atoms with E-state index in [0.29, 0.717) is 6.61 Å². The van der Waals surface area contributed by atoms with E-state index in [-0.39, 0.29) is 0 Å². The molecule has 0 amide bonds. The Labute approximate surface area is 130 Å². The van der Waals surface area contributed by atoms with Crippen molar-refractivity contribution in [2.45, 2.75) is 46.8 Å². The van der Waals surface area contributed by atoms with Gasteiger partial charge in [-0.25, -0.2) is 4.98 Å². The van der Waals surface area contributed by atoms with Gasteiger partial charge in [-0.3, -0.25) is 4.98 Å². The Kier molecular flexibility index (Phi) is 6.14. The average molecular weight is 305 g/mol. The van der Waals surface area contributed by atoms with Gasteiger partial charge in [-0.2, -0.15) is 0 Å². The number of aromatic nitrogens is 2. The first-order valence-corrected chi connectivity index (χ1v) is 8.34. The molecular weight excluding hydrogens is 282 g/mol. The van der Waals surface area contributed by atoms with Gasteiger partial charge in [0.05, 0.1) is 16.4 Å². The molecule has 0 saturated heterocycles. The highest BCUT2D eigenvalue weighted by Gasteiger charge is 2.07. The van der Waals surface area contributed by atoms with E-state index in [9.17, 15) is 0 Å². The number of hydrogen-bond donors (Lipinski definition) is 1. The summed E-state index contributed by atoms with van der Waals surface area (Å²) in [6, 6.07) is 3.98. The number of hydrogen-bond acceptors (Lipinski definition) is 5. The van der Waals surface area contributed by atoms with Crippen molar-refractivity contribution in [2.24, 2.45) is 0 Å². The third-order valence-corrected chi connectivity index (χ3v) is 4.11. The van der Waals surface area contributed by atoms with Gasteiger partial charge >= 0.3 is 0 Å². The maximum absolute atomic E-state index is 5.91. The molecule has 0 fully saturated rings. The number of nitrogens with zero attached hydrogens (tertiary/aromatic N) is 2. The number of aryl methyl sites for hydroxylation is 2. The van der Waals surface area contributed by atoms with Crippen molar-refractivity contribution in [2.75, 3.05) is 6.54 Å². The molecule has 0 bridgehead atoms. The number of rotatable bonds is 8. The van der Waals surface area contributed by atoms with E-state index in [1.807, 2.05) is 19.1 Å². The highest BCUT2D eigenvalue weighted by Crippen LogP contribution is 2.19. The van der Waals surface area contributed by atoms with Crippen LogP contribution in [0.4, 0.5) is 0 Å². The molecule has 2 aromatic heterocycles. The molecule has 0 aromatic carbocycles. The van der Waals surface area contributed by atoms with E-state index in [1.54, 1.807) is 11.3 Å². The molecule has 1 N–H and O–H groups in total. The second-order valence-corrected chi connectivity index (χ2v) is 5.89. The van der Waals surface area contributed by atoms with E-state index in [2.05, 4.69) is 34.5 Å². The summed E-state index contributed by atoms with van der Waals surface area (Å²) >= 11 is 1.69. The highest BCUT2D eigenvalue weighted by molar-refractivity contribution is 7.09. The zero-order chi connectivity index (χ0) is 15.1. The SMILES string of the molecule is CCCNCc1nc(C)ccc1OCc1csc(CC)n1. The molecule has 0 aliphatic heterocycles. The van der Waals surface area contributed by atoms with Gasteiger partial charge in [0.15, 0.2) is 0 Å². The molecule has 0 unspecified atom stereocenters. The van der Waals surface area contributed by atoms with E-state index >= 15 is 0 Å². The lowest BCUT2D eigenvalue weighted by molar-refractivity contribution is 0.296. The van der Waals surface area contributed by atoms with Gasteiger partial charge < -0.3 is 10.1 Å². The number of ether oxygens (including phenoxy) is 1. The van der Waals surface area contributed by atoms with Crippen molar-refractivity contribution in [3.8, 4) is 5.75 Å². The van der Waals surface area contributed by atoms with Crippen LogP contribution in [0.15, 0.2) is 17.5 Å². The largest absolute Gasteiger partial charge is 0.485 e. The first-order chi connectivity index (χ1) is 10.2. The summed E-state index contributed by atoms with van der Waals surface area (Å²) in [5.74, 6) is 0.843. The molecule has 114 valence electrons. The maximum Gasteiger partial charge on any atom is 0.142 e. The van der Waals surface area contributed by atoms with Crippen molar-refractivity contribution in [3.63, 3.8) is 0 Å². The van der Waals surface area contributed by atoms with Gasteiger partial charge in [-0.1, -0.05) is 13.8 Å². The van der Waals surface area contributed by atoms with Crippen molar-refractivity contribution in [1.29, 1.82) is 0 Å². The summed E-state index contributed by atoms with van der Waals surface area (Å²) in [5, 5.41) is 6.59. The van der Waals surface area contributed by atoms with Crippen LogP contribution in [0.5, 0.6) is 5.75 Å². The van der Waals surface area contributed by atoms with E-state index in [0.717, 1.165) is 53.8 Å². The van der Waals surface area contributed by atoms with Crippen molar-refractivity contribution >= 4 is 11.3 Å². The van der Waals surface area contributed by atoms with Crippen molar-refractivity contribution in [3.05, 3.63) is 39.6 Å². The molecular formula is C16H23N3OS. The lowest BCUT2D eigenvalue weighted by atomic mass is 10.2. The molecule has 2 heterocycles. The molecule has 0 aliphatic carbocycles. The topological polar surface area (TPSA) is 47.0 Å². The number of pyridine rings is 1. The van der Waals surface area contributed by atoms with Crippen LogP contribution in [0, 0.1) is 6.92 Å². The fraction of sp³-hybridized carbons (Fsp3) is 0.500. The molecule has 0 atom stereocenters. The fourth-order valence-electron chi connectivity index (χ4n) is 1.97. The van der Waals surface area contributed by atoms with Gasteiger partial charge in [0, 0.05) is 17.6 Å². The lowest BCUT2D eigenvalue weighted by Crippen LogP contribution is -2.16. The summed E-state index contributed by atoms with van der Waals surface area (Å²) in [6.45, 7) is 8.50. The highest BCUT2D eigenvalue weighted by atomic mass is 32.1. The molecule has 4 nitrogen and oxygen atoms in total. The van der Waals surface area contributed by atoms with Crippen LogP contribution in [-0.4, -0.2) is 16.5 Å². The zero-order valence-corrected chi connectivity index (χ0v) is 13.8. The summed E-state index contributed by atoms with van der Waals surface area (Å²) in [4.78, 5) is 9.10. The van der Waals surface area contributed by atoms with E-state index in [1.165, 1.54) is 0 Å². The smallest absolute Gasteiger partial charge is 0.142 e. The van der Waals surface area contributed by atoms with Gasteiger partial charge in [0.2, 0.25) is 0 Å². The van der Waals surface area contributed by atoms with E-state index in [4.69, 9.17) is 4.74 Å². The van der Waals surface area contributed by atoms with Gasteiger partial charge in [-0.15, -0.1) is 11.3 Å². The molecule has 2 aromatic rings. The summed E-state index contributed by atoms with van der Waals surface area (Å²) < 4.78 is 5.91. The second-order valence-electron chi connectivity index (χ2n) is 4.95. The summed E-state index contributed by atoms with van der Waals surface area (Å²) in [5.41, 5.74) is 2.97. The van der Waals surface area contributed by atoms with Crippen LogP contribution in [0.1, 0.15) is 42.4 Å². The Morgan fingerprint density at radius 3 is 2.81 bits per heavy atom. The fourth-order valence-corrected chi connectivity index (χ4v) is 2.70. The average Bonchev–Trinajstić information content (AvgIpc) is 2.95. The second kappa shape index (κ2) is 8.10. The van der Waals surface area contributed by atoms with Crippen LogP contribution in [0.25, 0.3) is 0 Å². The van der Waals surface area contributed by atoms with Crippen molar-refractivity contribution < 1.29 is 4.74 Å². The third-order valence-electron chi connectivity index (χ3n) is 3.07. The minimum absolute atomic E-state index is 0.502. The molecule has 5 heteroatoms. The molecule has 2 rings (SSSR count). The number of nitrogens with one attached hydrogen (secondary N) is 1. The van der Waals surface area contributed by atoms with E-state index < -0.39 is 0 Å². The molecule has 0 radical (unpaired) electrons. The monoisotopic (exact) mass is 305 g/mol. The van der Waals surface area contributed by atoms with Gasteiger partial charge in [0.1, 0.15) is 12.4 Å². The molecule has 21 heavy (non-hydrogen) atoms. The Balaban J connectivity index is 2.00. The molecule has 0 spiro atoms. The predicted molar refractivity (Wildman–Crippen MR) is 86.8 cm³/mol. The number of thiazole rings is 1. The van der Waals surface area contributed by atoms with Crippen LogP contribution >= 0.6 is 11.3 Å². The van der Waals surface area contributed by atoms with Gasteiger partial charge in [0.25, 0.3) is 0 Å². The minimum atomic E-state index is 0.502. The Morgan fingerprint density at radius 2 is 2.10 bits per heavy atom. The first-order valence-electron chi connectivity index (χ1n) is 7.46. The van der Waals surface area contributed by atoms with Crippen LogP contribution in [0.2, 0.25) is 0 Å². The lowest BCUT2D eigenvalue weighted by Gasteiger charge is -2.11. The normalized spacial score (nSPS) is 10.8. The van der Waals surface area contributed by atoms with Gasteiger partial charge in [-0.05, 0) is 38.4 Å². The first kappa shape index (κ1) is 15.9. The quantitative estimate of drug-likeness (QED) is 0.758. The maximum atomic E-state index is 5.91. The Bertz CT molecular complexity index is 568. The third kappa shape index (κ3) is 4.79. The Hall–Kier alpha value is -1.46. The van der Waals surface area contributed by atoms with Crippen LogP contribution in [-0.2, 0) is 19.6 Å². The standard InChI is InChI=1S/C16H23N3OS/c1-4-8-17-9-14-15(7-6-12(3)18-14)20-10-13-11-21-16(5-2)19-13/h6-7,11,17H,4-5,8-10H2,1-3H3. The Morgan fingerprint density at radius 1 is 1.24 bits per heavy atom. The predicted octanol–water partition coefficient (Wildman–Crippen LogP) is 3.49. The summed E-state index contributed by atoms with van der Waals surface area (Å²) in [6.07, 6.45) is 2.09. The molecule has 0 aliphatic rings. The van der Waals surface area contributed by atoms with Crippen LogP contribution in [0.3, 0.4) is 0 Å². The van der Waals surface area contributed by atoms with Crippen molar-refractivity contribution in [1.82, 2.24) is 15.3 Å². The summed E-state index contributed by atoms with van der Waals surface area (Å²) in [7, 11) is 0. The minimum Gasteiger partial charge on any atom is -0.485 e.